The standard InChI is InChI=1S/C12H12N2O4/c1-12(2,3)18-9(15)4-8-10-7(11(16)17-8)5-13-6-14-10/h4-6H,1-3H3. The van der Waals surface area contributed by atoms with Crippen LogP contribution in [0.4, 0.5) is 0 Å². The third-order valence-corrected chi connectivity index (χ3v) is 2.02. The summed E-state index contributed by atoms with van der Waals surface area (Å²) in [4.78, 5) is 30.7. The van der Waals surface area contributed by atoms with E-state index >= 15 is 0 Å². The zero-order valence-corrected chi connectivity index (χ0v) is 10.3. The van der Waals surface area contributed by atoms with E-state index < -0.39 is 17.5 Å². The zero-order valence-electron chi connectivity index (χ0n) is 10.3. The minimum absolute atomic E-state index is 0.0895. The van der Waals surface area contributed by atoms with Gasteiger partial charge in [0.2, 0.25) is 0 Å². The molecule has 0 radical (unpaired) electrons. The van der Waals surface area contributed by atoms with Crippen molar-refractivity contribution in [3.63, 3.8) is 0 Å². The highest BCUT2D eigenvalue weighted by molar-refractivity contribution is 6.04. The van der Waals surface area contributed by atoms with Gasteiger partial charge in [-0.15, -0.1) is 0 Å². The van der Waals surface area contributed by atoms with Gasteiger partial charge in [0.25, 0.3) is 0 Å². The molecule has 2 heterocycles. The maximum absolute atomic E-state index is 11.6. The monoisotopic (exact) mass is 248 g/mol. The van der Waals surface area contributed by atoms with Crippen LogP contribution < -0.4 is 0 Å². The Kier molecular flexibility index (Phi) is 2.86. The molecule has 0 saturated heterocycles. The van der Waals surface area contributed by atoms with Crippen LogP contribution in [0.5, 0.6) is 0 Å². The SMILES string of the molecule is CC(C)(C)OC(=O)C=C1OC(=O)c2cncnc21. The van der Waals surface area contributed by atoms with E-state index in [1.807, 2.05) is 0 Å². The van der Waals surface area contributed by atoms with Crippen LogP contribution in [0.15, 0.2) is 18.6 Å². The fourth-order valence-corrected chi connectivity index (χ4v) is 1.41. The summed E-state index contributed by atoms with van der Waals surface area (Å²) < 4.78 is 10.0. The minimum Gasteiger partial charge on any atom is -0.457 e. The molecule has 6 heteroatoms. The average Bonchev–Trinajstić information content (AvgIpc) is 2.54. The predicted octanol–water partition coefficient (Wildman–Crippen LogP) is 1.33. The summed E-state index contributed by atoms with van der Waals surface area (Å²) in [6.07, 6.45) is 3.74. The lowest BCUT2D eigenvalue weighted by atomic mass is 10.2. The number of cyclic esters (lactones) is 1. The molecule has 0 bridgehead atoms. The van der Waals surface area contributed by atoms with E-state index in [9.17, 15) is 9.59 Å². The molecule has 1 aliphatic heterocycles. The molecule has 0 N–H and O–H groups in total. The van der Waals surface area contributed by atoms with Crippen LogP contribution in [0.2, 0.25) is 0 Å². The minimum atomic E-state index is -0.606. The van der Waals surface area contributed by atoms with Crippen molar-refractivity contribution in [3.8, 4) is 0 Å². The van der Waals surface area contributed by atoms with Gasteiger partial charge >= 0.3 is 11.9 Å². The second kappa shape index (κ2) is 4.21. The first-order valence-electron chi connectivity index (χ1n) is 5.34. The fraction of sp³-hybridized carbons (Fsp3) is 0.333. The molecule has 18 heavy (non-hydrogen) atoms. The first-order valence-corrected chi connectivity index (χ1v) is 5.34. The Morgan fingerprint density at radius 3 is 2.83 bits per heavy atom. The number of rotatable bonds is 1. The highest BCUT2D eigenvalue weighted by Gasteiger charge is 2.29. The quantitative estimate of drug-likeness (QED) is 0.551. The molecule has 1 aromatic heterocycles. The van der Waals surface area contributed by atoms with Crippen LogP contribution in [0.25, 0.3) is 5.76 Å². The molecule has 0 unspecified atom stereocenters. The predicted molar refractivity (Wildman–Crippen MR) is 61.3 cm³/mol. The fourth-order valence-electron chi connectivity index (χ4n) is 1.41. The molecular weight excluding hydrogens is 236 g/mol. The lowest BCUT2D eigenvalue weighted by molar-refractivity contribution is -0.148. The van der Waals surface area contributed by atoms with Gasteiger partial charge in [0.15, 0.2) is 5.76 Å². The van der Waals surface area contributed by atoms with Gasteiger partial charge in [0.1, 0.15) is 23.2 Å². The van der Waals surface area contributed by atoms with Gasteiger partial charge in [-0.3, -0.25) is 0 Å². The Morgan fingerprint density at radius 2 is 2.17 bits per heavy atom. The molecule has 1 aliphatic rings. The third kappa shape index (κ3) is 2.53. The zero-order chi connectivity index (χ0) is 13.3. The van der Waals surface area contributed by atoms with Gasteiger partial charge in [0.05, 0.1) is 6.08 Å². The Labute approximate surface area is 104 Å². The summed E-state index contributed by atoms with van der Waals surface area (Å²) in [6.45, 7) is 5.25. The molecule has 2 rings (SSSR count). The second-order valence-electron chi connectivity index (χ2n) is 4.72. The number of hydrogen-bond donors (Lipinski definition) is 0. The van der Waals surface area contributed by atoms with Crippen LogP contribution in [0.3, 0.4) is 0 Å². The van der Waals surface area contributed by atoms with Crippen LogP contribution in [-0.4, -0.2) is 27.5 Å². The van der Waals surface area contributed by atoms with Crippen LogP contribution in [0, 0.1) is 0 Å². The summed E-state index contributed by atoms with van der Waals surface area (Å²) in [5.74, 6) is -1.07. The van der Waals surface area contributed by atoms with Crippen LogP contribution >= 0.6 is 0 Å². The highest BCUT2D eigenvalue weighted by atomic mass is 16.6. The summed E-state index contributed by atoms with van der Waals surface area (Å²) in [7, 11) is 0. The molecule has 0 saturated carbocycles. The number of carbonyl (C=O) groups is 2. The Balaban J connectivity index is 2.27. The Bertz CT molecular complexity index is 543. The second-order valence-corrected chi connectivity index (χ2v) is 4.72. The van der Waals surface area contributed by atoms with E-state index in [1.165, 1.54) is 12.5 Å². The van der Waals surface area contributed by atoms with Gasteiger partial charge in [-0.1, -0.05) is 0 Å². The molecule has 0 fully saturated rings. The number of ether oxygens (including phenoxy) is 2. The van der Waals surface area contributed by atoms with Crippen molar-refractivity contribution in [1.29, 1.82) is 0 Å². The Hall–Kier alpha value is -2.24. The van der Waals surface area contributed by atoms with Gasteiger partial charge in [-0.25, -0.2) is 19.6 Å². The summed E-state index contributed by atoms with van der Waals surface area (Å²) in [6, 6.07) is 0. The first kappa shape index (κ1) is 12.2. The number of carbonyl (C=O) groups excluding carboxylic acids is 2. The largest absolute Gasteiger partial charge is 0.457 e. The Morgan fingerprint density at radius 1 is 1.44 bits per heavy atom. The van der Waals surface area contributed by atoms with E-state index in [1.54, 1.807) is 20.8 Å². The molecule has 94 valence electrons. The number of aromatic nitrogens is 2. The number of nitrogens with zero attached hydrogens (tertiary/aromatic N) is 2. The van der Waals surface area contributed by atoms with Crippen molar-refractivity contribution in [2.75, 3.05) is 0 Å². The maximum Gasteiger partial charge on any atom is 0.347 e. The van der Waals surface area contributed by atoms with E-state index in [4.69, 9.17) is 9.47 Å². The third-order valence-electron chi connectivity index (χ3n) is 2.02. The average molecular weight is 248 g/mol. The van der Waals surface area contributed by atoms with E-state index in [0.717, 1.165) is 6.08 Å². The lowest BCUT2D eigenvalue weighted by Gasteiger charge is -2.18. The highest BCUT2D eigenvalue weighted by Crippen LogP contribution is 2.26. The van der Waals surface area contributed by atoms with Gasteiger partial charge in [0, 0.05) is 6.20 Å². The summed E-state index contributed by atoms with van der Waals surface area (Å²) in [5.41, 5.74) is -0.0567. The number of hydrogen-bond acceptors (Lipinski definition) is 6. The van der Waals surface area contributed by atoms with Crippen molar-refractivity contribution >= 4 is 17.7 Å². The first-order chi connectivity index (χ1) is 8.37. The molecular formula is C12H12N2O4. The van der Waals surface area contributed by atoms with Crippen molar-refractivity contribution in [1.82, 2.24) is 9.97 Å². The molecule has 0 aromatic carbocycles. The van der Waals surface area contributed by atoms with E-state index in [0.29, 0.717) is 5.69 Å². The summed E-state index contributed by atoms with van der Waals surface area (Å²) in [5, 5.41) is 0. The molecule has 6 nitrogen and oxygen atoms in total. The smallest absolute Gasteiger partial charge is 0.347 e. The molecule has 0 spiro atoms. The van der Waals surface area contributed by atoms with Gasteiger partial charge < -0.3 is 9.47 Å². The van der Waals surface area contributed by atoms with Crippen LogP contribution in [0.1, 0.15) is 36.8 Å². The maximum atomic E-state index is 11.6. The molecule has 0 atom stereocenters. The van der Waals surface area contributed by atoms with E-state index in [2.05, 4.69) is 9.97 Å². The lowest BCUT2D eigenvalue weighted by Crippen LogP contribution is -2.22. The molecule has 1 aromatic rings. The molecule has 0 amide bonds. The topological polar surface area (TPSA) is 78.4 Å². The van der Waals surface area contributed by atoms with Gasteiger partial charge in [-0.05, 0) is 20.8 Å². The molecule has 0 aliphatic carbocycles. The van der Waals surface area contributed by atoms with E-state index in [-0.39, 0.29) is 11.3 Å². The summed E-state index contributed by atoms with van der Waals surface area (Å²) >= 11 is 0. The number of fused-ring (bicyclic) bond motifs is 1. The van der Waals surface area contributed by atoms with Gasteiger partial charge in [-0.2, -0.15) is 0 Å². The normalized spacial score (nSPS) is 16.4. The van der Waals surface area contributed by atoms with Crippen molar-refractivity contribution in [2.24, 2.45) is 0 Å². The van der Waals surface area contributed by atoms with Crippen LogP contribution in [-0.2, 0) is 14.3 Å². The van der Waals surface area contributed by atoms with Crippen molar-refractivity contribution in [2.45, 2.75) is 26.4 Å². The number of esters is 2. The van der Waals surface area contributed by atoms with Crippen molar-refractivity contribution < 1.29 is 19.1 Å². The van der Waals surface area contributed by atoms with Crippen molar-refractivity contribution in [3.05, 3.63) is 29.9 Å².